The van der Waals surface area contributed by atoms with E-state index in [2.05, 4.69) is 0 Å². The number of carbonyl (C=O) groups is 1. The second kappa shape index (κ2) is 7.33. The Kier molecular flexibility index (Phi) is 6.26. The molecule has 3 nitrogen and oxygen atoms in total. The van der Waals surface area contributed by atoms with Gasteiger partial charge in [0.05, 0.1) is 11.6 Å². The van der Waals surface area contributed by atoms with Crippen molar-refractivity contribution in [3.8, 4) is 0 Å². The first-order valence-electron chi connectivity index (χ1n) is 7.00. The van der Waals surface area contributed by atoms with Gasteiger partial charge >= 0.3 is 6.18 Å². The lowest BCUT2D eigenvalue weighted by Crippen LogP contribution is -2.45. The summed E-state index contributed by atoms with van der Waals surface area (Å²) in [5.41, 5.74) is 5.84. The van der Waals surface area contributed by atoms with Crippen molar-refractivity contribution in [2.45, 2.75) is 37.9 Å². The maximum absolute atomic E-state index is 12.5. The third-order valence-electron chi connectivity index (χ3n) is 3.91. The van der Waals surface area contributed by atoms with Crippen LogP contribution < -0.4 is 5.73 Å². The second-order valence-corrected chi connectivity index (χ2v) is 5.51. The third-order valence-corrected chi connectivity index (χ3v) is 3.91. The van der Waals surface area contributed by atoms with Crippen LogP contribution in [-0.2, 0) is 11.0 Å². The first kappa shape index (κ1) is 18.8. The van der Waals surface area contributed by atoms with Crippen molar-refractivity contribution < 1.29 is 18.0 Å². The van der Waals surface area contributed by atoms with Crippen LogP contribution >= 0.6 is 12.4 Å². The Morgan fingerprint density at radius 3 is 2.14 bits per heavy atom. The third kappa shape index (κ3) is 4.36. The van der Waals surface area contributed by atoms with Crippen molar-refractivity contribution in [2.24, 2.45) is 5.73 Å². The van der Waals surface area contributed by atoms with Crippen molar-refractivity contribution in [1.82, 2.24) is 4.90 Å². The zero-order valence-corrected chi connectivity index (χ0v) is 13.1. The van der Waals surface area contributed by atoms with E-state index in [9.17, 15) is 18.0 Å². The SMILES string of the molecule is CC(N)C(=O)N1CCC(c2ccc(C(F)(F)F)cc2)CC1.Cl. The molecule has 1 unspecified atom stereocenters. The van der Waals surface area contributed by atoms with Crippen LogP contribution in [0.2, 0.25) is 0 Å². The van der Waals surface area contributed by atoms with E-state index in [1.54, 1.807) is 11.8 Å². The van der Waals surface area contributed by atoms with Gasteiger partial charge < -0.3 is 10.6 Å². The highest BCUT2D eigenvalue weighted by Crippen LogP contribution is 2.32. The van der Waals surface area contributed by atoms with E-state index < -0.39 is 17.8 Å². The normalized spacial score (nSPS) is 17.8. The van der Waals surface area contributed by atoms with Gasteiger partial charge in [-0.25, -0.2) is 0 Å². The van der Waals surface area contributed by atoms with E-state index in [1.807, 2.05) is 0 Å². The van der Waals surface area contributed by atoms with Crippen LogP contribution in [0.1, 0.15) is 36.8 Å². The van der Waals surface area contributed by atoms with E-state index in [4.69, 9.17) is 5.73 Å². The minimum absolute atomic E-state index is 0. The van der Waals surface area contributed by atoms with E-state index in [0.717, 1.165) is 30.5 Å². The summed E-state index contributed by atoms with van der Waals surface area (Å²) in [6.07, 6.45) is -2.79. The Labute approximate surface area is 134 Å². The molecule has 1 amide bonds. The van der Waals surface area contributed by atoms with Crippen LogP contribution in [-0.4, -0.2) is 29.9 Å². The van der Waals surface area contributed by atoms with Crippen LogP contribution in [0, 0.1) is 0 Å². The number of benzene rings is 1. The molecule has 0 radical (unpaired) electrons. The van der Waals surface area contributed by atoms with E-state index in [0.29, 0.717) is 13.1 Å². The summed E-state index contributed by atoms with van der Waals surface area (Å²) in [5.74, 6) is 0.130. The molecule has 1 heterocycles. The zero-order chi connectivity index (χ0) is 15.6. The van der Waals surface area contributed by atoms with Gasteiger partial charge in [0.15, 0.2) is 0 Å². The van der Waals surface area contributed by atoms with Crippen molar-refractivity contribution >= 4 is 18.3 Å². The fourth-order valence-electron chi connectivity index (χ4n) is 2.67. The fourth-order valence-corrected chi connectivity index (χ4v) is 2.67. The Balaban J connectivity index is 0.00000242. The van der Waals surface area contributed by atoms with Crippen LogP contribution in [0.4, 0.5) is 13.2 Å². The van der Waals surface area contributed by atoms with E-state index in [1.165, 1.54) is 12.1 Å². The molecule has 2 N–H and O–H groups in total. The molecule has 1 aliphatic rings. The van der Waals surface area contributed by atoms with Gasteiger partial charge in [-0.2, -0.15) is 13.2 Å². The lowest BCUT2D eigenvalue weighted by Gasteiger charge is -2.33. The van der Waals surface area contributed by atoms with Gasteiger partial charge in [-0.3, -0.25) is 4.79 Å². The highest BCUT2D eigenvalue weighted by molar-refractivity contribution is 5.85. The molecule has 1 saturated heterocycles. The van der Waals surface area contributed by atoms with Crippen molar-refractivity contribution in [3.05, 3.63) is 35.4 Å². The Bertz CT molecular complexity index is 495. The summed E-state index contributed by atoms with van der Waals surface area (Å²) >= 11 is 0. The summed E-state index contributed by atoms with van der Waals surface area (Å²) in [6, 6.07) is 4.81. The topological polar surface area (TPSA) is 46.3 Å². The number of piperidine rings is 1. The maximum Gasteiger partial charge on any atom is 0.416 e. The molecule has 7 heteroatoms. The smallest absolute Gasteiger partial charge is 0.341 e. The number of alkyl halides is 3. The van der Waals surface area contributed by atoms with Crippen LogP contribution in [0.3, 0.4) is 0 Å². The average molecular weight is 337 g/mol. The summed E-state index contributed by atoms with van der Waals surface area (Å²) < 4.78 is 37.6. The Morgan fingerprint density at radius 1 is 1.23 bits per heavy atom. The largest absolute Gasteiger partial charge is 0.416 e. The monoisotopic (exact) mass is 336 g/mol. The van der Waals surface area contributed by atoms with Crippen LogP contribution in [0.5, 0.6) is 0 Å². The summed E-state index contributed by atoms with van der Waals surface area (Å²) in [4.78, 5) is 13.5. The number of hydrogen-bond acceptors (Lipinski definition) is 2. The first-order chi connectivity index (χ1) is 9.79. The first-order valence-corrected chi connectivity index (χ1v) is 7.00. The summed E-state index contributed by atoms with van der Waals surface area (Å²) in [5, 5.41) is 0. The molecular formula is C15H20ClF3N2O. The van der Waals surface area contributed by atoms with Crippen molar-refractivity contribution in [2.75, 3.05) is 13.1 Å². The molecular weight excluding hydrogens is 317 g/mol. The Hall–Kier alpha value is -1.27. The van der Waals surface area contributed by atoms with Crippen LogP contribution in [0.25, 0.3) is 0 Å². The van der Waals surface area contributed by atoms with E-state index >= 15 is 0 Å². The molecule has 0 aliphatic carbocycles. The molecule has 1 aromatic carbocycles. The number of carbonyl (C=O) groups excluding carboxylic acids is 1. The zero-order valence-electron chi connectivity index (χ0n) is 12.3. The standard InChI is InChI=1S/C15H19F3N2O.ClH/c1-10(19)14(21)20-8-6-12(7-9-20)11-2-4-13(5-3-11)15(16,17)18;/h2-5,10,12H,6-9,19H2,1H3;1H. The minimum Gasteiger partial charge on any atom is -0.341 e. The van der Waals surface area contributed by atoms with Gasteiger partial charge in [-0.1, -0.05) is 12.1 Å². The average Bonchev–Trinajstić information content (AvgIpc) is 2.46. The molecule has 124 valence electrons. The minimum atomic E-state index is -4.30. The lowest BCUT2D eigenvalue weighted by molar-refractivity contribution is -0.137. The molecule has 0 bridgehead atoms. The quantitative estimate of drug-likeness (QED) is 0.901. The highest BCUT2D eigenvalue weighted by atomic mass is 35.5. The van der Waals surface area contributed by atoms with Gasteiger partial charge in [0, 0.05) is 13.1 Å². The van der Waals surface area contributed by atoms with Gasteiger partial charge in [0.1, 0.15) is 0 Å². The molecule has 0 spiro atoms. The summed E-state index contributed by atoms with van der Waals surface area (Å²) in [6.45, 7) is 2.86. The maximum atomic E-state index is 12.5. The van der Waals surface area contributed by atoms with E-state index in [-0.39, 0.29) is 24.2 Å². The molecule has 22 heavy (non-hydrogen) atoms. The number of rotatable bonds is 2. The predicted molar refractivity (Wildman–Crippen MR) is 80.9 cm³/mol. The number of amides is 1. The molecule has 2 rings (SSSR count). The fraction of sp³-hybridized carbons (Fsp3) is 0.533. The van der Waals surface area contributed by atoms with Crippen LogP contribution in [0.15, 0.2) is 24.3 Å². The molecule has 0 saturated carbocycles. The molecule has 1 aliphatic heterocycles. The van der Waals surface area contributed by atoms with Gasteiger partial charge in [0.2, 0.25) is 5.91 Å². The molecule has 1 aromatic rings. The lowest BCUT2D eigenvalue weighted by atomic mass is 9.89. The highest BCUT2D eigenvalue weighted by Gasteiger charge is 2.31. The molecule has 0 aromatic heterocycles. The molecule has 1 atom stereocenters. The predicted octanol–water partition coefficient (Wildman–Crippen LogP) is 3.18. The number of hydrogen-bond donors (Lipinski definition) is 1. The van der Waals surface area contributed by atoms with Gasteiger partial charge in [-0.15, -0.1) is 12.4 Å². The van der Waals surface area contributed by atoms with Gasteiger partial charge in [0.25, 0.3) is 0 Å². The molecule has 1 fully saturated rings. The number of halogens is 4. The second-order valence-electron chi connectivity index (χ2n) is 5.51. The number of nitrogens with zero attached hydrogens (tertiary/aromatic N) is 1. The summed E-state index contributed by atoms with van der Waals surface area (Å²) in [7, 11) is 0. The van der Waals surface area contributed by atoms with Gasteiger partial charge in [-0.05, 0) is 43.4 Å². The van der Waals surface area contributed by atoms with Crippen molar-refractivity contribution in [1.29, 1.82) is 0 Å². The Morgan fingerprint density at radius 2 is 1.73 bits per heavy atom. The van der Waals surface area contributed by atoms with Crippen molar-refractivity contribution in [3.63, 3.8) is 0 Å². The number of nitrogens with two attached hydrogens (primary N) is 1. The number of likely N-dealkylation sites (tertiary alicyclic amines) is 1.